The molecule has 6 nitrogen and oxygen atoms in total. The zero-order chi connectivity index (χ0) is 29.7. The molecule has 0 spiro atoms. The first kappa shape index (κ1) is 25.4. The number of para-hydroxylation sites is 2. The van der Waals surface area contributed by atoms with Crippen molar-refractivity contribution in [2.45, 2.75) is 51.5 Å². The topological polar surface area (TPSA) is 38.7 Å². The highest BCUT2D eigenvalue weighted by Crippen LogP contribution is 2.64. The van der Waals surface area contributed by atoms with Crippen LogP contribution in [0, 0.1) is 20.8 Å². The van der Waals surface area contributed by atoms with Gasteiger partial charge in [-0.3, -0.25) is 0 Å². The molecule has 0 radical (unpaired) electrons. The van der Waals surface area contributed by atoms with E-state index in [2.05, 4.69) is 151 Å². The van der Waals surface area contributed by atoms with E-state index in [4.69, 9.17) is 9.97 Å². The maximum absolute atomic E-state index is 4.93. The van der Waals surface area contributed by atoms with Crippen LogP contribution in [0.2, 0.25) is 0 Å². The van der Waals surface area contributed by atoms with Crippen LogP contribution in [0.15, 0.2) is 116 Å². The quantitative estimate of drug-likeness (QED) is 0.216. The van der Waals surface area contributed by atoms with Crippen molar-refractivity contribution in [1.82, 2.24) is 14.9 Å². The van der Waals surface area contributed by atoms with E-state index >= 15 is 0 Å². The SMILES string of the molecule is Cc1cc(C)c(N2C=CN3[C@@H](C4c5ccccc5N5c6nccnc6N(c6ccccc6)C45)c4ccccc4C23C)c(C)c1. The fourth-order valence-electron chi connectivity index (χ4n) is 8.69. The molecule has 4 aliphatic heterocycles. The number of nitrogens with zero attached hydrogens (tertiary/aromatic N) is 6. The van der Waals surface area contributed by atoms with Crippen molar-refractivity contribution < 1.29 is 0 Å². The van der Waals surface area contributed by atoms with Crippen LogP contribution in [0.25, 0.3) is 0 Å². The molecule has 0 aliphatic carbocycles. The van der Waals surface area contributed by atoms with Crippen LogP contribution >= 0.6 is 0 Å². The van der Waals surface area contributed by atoms with Crippen molar-refractivity contribution in [1.29, 1.82) is 0 Å². The molecule has 9 rings (SSSR count). The average molecular weight is 575 g/mol. The maximum atomic E-state index is 4.93. The van der Waals surface area contributed by atoms with Gasteiger partial charge < -0.3 is 19.6 Å². The van der Waals surface area contributed by atoms with Crippen LogP contribution in [0.4, 0.5) is 28.7 Å². The van der Waals surface area contributed by atoms with Crippen molar-refractivity contribution in [3.05, 3.63) is 149 Å². The van der Waals surface area contributed by atoms with Gasteiger partial charge in [-0.15, -0.1) is 0 Å². The Balaban J connectivity index is 1.26. The van der Waals surface area contributed by atoms with E-state index in [-0.39, 0.29) is 23.8 Å². The van der Waals surface area contributed by atoms with E-state index < -0.39 is 0 Å². The standard InChI is InChI=1S/C38H34N6/c1-24-22-25(2)33(26(3)23-24)41-20-21-42-34(28-14-8-10-16-30(28)38(41,42)4)32-29-15-9-11-17-31(29)44-36-35(39-18-19-40-36)43(37(32)44)27-12-6-5-7-13-27/h5-23,32,34,37H,1-4H3/t32?,34-,37?,38?/m1/s1. The minimum Gasteiger partial charge on any atom is -0.342 e. The van der Waals surface area contributed by atoms with E-state index in [9.17, 15) is 0 Å². The van der Waals surface area contributed by atoms with E-state index in [1.807, 2.05) is 12.4 Å². The summed E-state index contributed by atoms with van der Waals surface area (Å²) >= 11 is 0. The second-order valence-corrected chi connectivity index (χ2v) is 12.7. The summed E-state index contributed by atoms with van der Waals surface area (Å²) in [6.45, 7) is 9.06. The first-order valence-corrected chi connectivity index (χ1v) is 15.5. The largest absolute Gasteiger partial charge is 0.342 e. The lowest BCUT2D eigenvalue weighted by molar-refractivity contribution is 0.143. The second-order valence-electron chi connectivity index (χ2n) is 12.7. The molecule has 1 aromatic heterocycles. The van der Waals surface area contributed by atoms with E-state index in [1.165, 1.54) is 44.8 Å². The van der Waals surface area contributed by atoms with Gasteiger partial charge in [0.2, 0.25) is 0 Å². The third kappa shape index (κ3) is 3.15. The van der Waals surface area contributed by atoms with E-state index in [0.29, 0.717) is 0 Å². The van der Waals surface area contributed by atoms with Crippen molar-refractivity contribution >= 4 is 28.7 Å². The summed E-state index contributed by atoms with van der Waals surface area (Å²) < 4.78 is 0. The minimum atomic E-state index is -0.381. The third-order valence-corrected chi connectivity index (χ3v) is 10.2. The summed E-state index contributed by atoms with van der Waals surface area (Å²) in [7, 11) is 0. The number of fused-ring (bicyclic) bond motifs is 8. The van der Waals surface area contributed by atoms with Gasteiger partial charge in [0.25, 0.3) is 0 Å². The van der Waals surface area contributed by atoms with Gasteiger partial charge in [-0.05, 0) is 68.1 Å². The Hall–Kier alpha value is -5.10. The number of aromatic nitrogens is 2. The van der Waals surface area contributed by atoms with Crippen LogP contribution in [-0.4, -0.2) is 21.0 Å². The molecule has 0 saturated carbocycles. The van der Waals surface area contributed by atoms with Crippen molar-refractivity contribution in [2.75, 3.05) is 14.7 Å². The molecule has 0 N–H and O–H groups in total. The molecule has 5 heterocycles. The summed E-state index contributed by atoms with van der Waals surface area (Å²) in [6.07, 6.45) is 8.23. The Morgan fingerprint density at radius 3 is 2.07 bits per heavy atom. The molecule has 5 aromatic rings. The van der Waals surface area contributed by atoms with Gasteiger partial charge in [0.1, 0.15) is 11.8 Å². The molecule has 4 atom stereocenters. The lowest BCUT2D eigenvalue weighted by Crippen LogP contribution is -2.48. The highest BCUT2D eigenvalue weighted by molar-refractivity contribution is 5.88. The monoisotopic (exact) mass is 574 g/mol. The normalized spacial score (nSPS) is 24.0. The molecule has 44 heavy (non-hydrogen) atoms. The van der Waals surface area contributed by atoms with Gasteiger partial charge in [0.05, 0.1) is 12.0 Å². The lowest BCUT2D eigenvalue weighted by atomic mass is 9.85. The predicted molar refractivity (Wildman–Crippen MR) is 176 cm³/mol. The summed E-state index contributed by atoms with van der Waals surface area (Å²) in [5.41, 5.74) is 11.2. The van der Waals surface area contributed by atoms with Crippen LogP contribution in [0.1, 0.15) is 52.3 Å². The number of hydrogen-bond donors (Lipinski definition) is 0. The van der Waals surface area contributed by atoms with Crippen LogP contribution < -0.4 is 14.7 Å². The average Bonchev–Trinajstić information content (AvgIpc) is 3.72. The van der Waals surface area contributed by atoms with Crippen LogP contribution in [0.3, 0.4) is 0 Å². The molecule has 0 saturated heterocycles. The smallest absolute Gasteiger partial charge is 0.178 e. The van der Waals surface area contributed by atoms with Crippen molar-refractivity contribution in [3.8, 4) is 0 Å². The Morgan fingerprint density at radius 1 is 0.682 bits per heavy atom. The molecule has 0 amide bonds. The molecule has 3 unspecified atom stereocenters. The second kappa shape index (κ2) is 8.96. The van der Waals surface area contributed by atoms with Crippen molar-refractivity contribution in [2.24, 2.45) is 0 Å². The molecule has 0 fully saturated rings. The van der Waals surface area contributed by atoms with E-state index in [1.54, 1.807) is 0 Å². The molecule has 6 heteroatoms. The molecule has 216 valence electrons. The Labute approximate surface area is 258 Å². The third-order valence-electron chi connectivity index (χ3n) is 10.2. The fraction of sp³-hybridized carbons (Fsp3) is 0.211. The fourth-order valence-corrected chi connectivity index (χ4v) is 8.69. The van der Waals surface area contributed by atoms with E-state index in [0.717, 1.165) is 17.3 Å². The van der Waals surface area contributed by atoms with Gasteiger partial charge in [0.15, 0.2) is 11.6 Å². The maximum Gasteiger partial charge on any atom is 0.178 e. The first-order valence-electron chi connectivity index (χ1n) is 15.5. The van der Waals surface area contributed by atoms with Gasteiger partial charge in [-0.2, -0.15) is 0 Å². The summed E-state index contributed by atoms with van der Waals surface area (Å²) in [4.78, 5) is 19.8. The van der Waals surface area contributed by atoms with Gasteiger partial charge in [-0.1, -0.05) is 78.4 Å². The molecule has 4 aliphatic rings. The Bertz CT molecular complexity index is 1950. The van der Waals surface area contributed by atoms with Gasteiger partial charge in [0, 0.05) is 47.4 Å². The van der Waals surface area contributed by atoms with Gasteiger partial charge >= 0.3 is 0 Å². The first-order chi connectivity index (χ1) is 21.5. The number of rotatable bonds is 3. The highest BCUT2D eigenvalue weighted by atomic mass is 15.5. The molecule has 0 bridgehead atoms. The molecular weight excluding hydrogens is 540 g/mol. The van der Waals surface area contributed by atoms with Crippen molar-refractivity contribution in [3.63, 3.8) is 0 Å². The number of hydrogen-bond acceptors (Lipinski definition) is 6. The zero-order valence-corrected chi connectivity index (χ0v) is 25.4. The predicted octanol–water partition coefficient (Wildman–Crippen LogP) is 8.34. The summed E-state index contributed by atoms with van der Waals surface area (Å²) in [6, 6.07) is 33.4. The number of benzene rings is 4. The zero-order valence-electron chi connectivity index (χ0n) is 25.4. The summed E-state index contributed by atoms with van der Waals surface area (Å²) in [5.74, 6) is 1.92. The Morgan fingerprint density at radius 2 is 1.32 bits per heavy atom. The lowest BCUT2D eigenvalue weighted by Gasteiger charge is -2.44. The minimum absolute atomic E-state index is 0.0297. The Kier molecular flexibility index (Phi) is 5.17. The van der Waals surface area contributed by atoms with Crippen LogP contribution in [-0.2, 0) is 5.66 Å². The summed E-state index contributed by atoms with van der Waals surface area (Å²) in [5, 5.41) is 0. The van der Waals surface area contributed by atoms with Crippen LogP contribution in [0.5, 0.6) is 0 Å². The molecular formula is C38H34N6. The van der Waals surface area contributed by atoms with Gasteiger partial charge in [-0.25, -0.2) is 9.97 Å². The highest BCUT2D eigenvalue weighted by Gasteiger charge is 2.60. The number of anilines is 5. The number of aryl methyl sites for hydroxylation is 3. The molecule has 4 aromatic carbocycles.